The van der Waals surface area contributed by atoms with Gasteiger partial charge in [0.1, 0.15) is 47.4 Å². The summed E-state index contributed by atoms with van der Waals surface area (Å²) in [6, 6.07) is 7.52. The van der Waals surface area contributed by atoms with Crippen LogP contribution in [-0.2, 0) is 0 Å². The molecule has 2 aromatic carbocycles. The van der Waals surface area contributed by atoms with Gasteiger partial charge in [-0.05, 0) is 43.2 Å². The van der Waals surface area contributed by atoms with Gasteiger partial charge in [0.05, 0.1) is 6.61 Å². The number of phenols is 1. The van der Waals surface area contributed by atoms with Crippen LogP contribution in [0.3, 0.4) is 0 Å². The SMILES string of the molecule is Cc1cc(O)cc(Oc2cc(C)c(C(=O)O)c(OC[C@H](O)[C@H](O)CO)c2)c1. The van der Waals surface area contributed by atoms with E-state index in [0.717, 1.165) is 5.56 Å². The number of carbonyl (C=O) groups is 1. The highest BCUT2D eigenvalue weighted by Crippen LogP contribution is 2.33. The minimum atomic E-state index is -1.41. The summed E-state index contributed by atoms with van der Waals surface area (Å²) >= 11 is 0. The number of carboxylic acids is 1. The van der Waals surface area contributed by atoms with Crippen LogP contribution in [0.2, 0.25) is 0 Å². The summed E-state index contributed by atoms with van der Waals surface area (Å²) in [4.78, 5) is 11.5. The Morgan fingerprint density at radius 1 is 1.04 bits per heavy atom. The molecule has 27 heavy (non-hydrogen) atoms. The number of aliphatic hydroxyl groups is 3. The Hall–Kier alpha value is -2.81. The number of rotatable bonds is 8. The Bertz CT molecular complexity index is 797. The zero-order chi connectivity index (χ0) is 20.1. The minimum Gasteiger partial charge on any atom is -0.508 e. The smallest absolute Gasteiger partial charge is 0.339 e. The first kappa shape index (κ1) is 20.5. The van der Waals surface area contributed by atoms with Gasteiger partial charge in [-0.1, -0.05) is 0 Å². The van der Waals surface area contributed by atoms with E-state index in [4.69, 9.17) is 14.6 Å². The van der Waals surface area contributed by atoms with E-state index in [1.165, 1.54) is 18.2 Å². The summed E-state index contributed by atoms with van der Waals surface area (Å²) in [5.41, 5.74) is 1.03. The molecule has 0 amide bonds. The second-order valence-corrected chi connectivity index (χ2v) is 6.15. The molecule has 8 nitrogen and oxygen atoms in total. The van der Waals surface area contributed by atoms with E-state index in [0.29, 0.717) is 11.3 Å². The molecular weight excluding hydrogens is 356 g/mol. The zero-order valence-corrected chi connectivity index (χ0v) is 14.9. The Morgan fingerprint density at radius 3 is 2.30 bits per heavy atom. The molecule has 0 aromatic heterocycles. The molecular formula is C19H22O8. The molecule has 146 valence electrons. The highest BCUT2D eigenvalue weighted by atomic mass is 16.5. The normalized spacial score (nSPS) is 13.1. The van der Waals surface area contributed by atoms with Crippen LogP contribution in [0.5, 0.6) is 23.0 Å². The van der Waals surface area contributed by atoms with Crippen molar-refractivity contribution in [3.05, 3.63) is 47.0 Å². The largest absolute Gasteiger partial charge is 0.508 e. The fourth-order valence-electron chi connectivity index (χ4n) is 2.50. The number of carboxylic acid groups (broad SMARTS) is 1. The van der Waals surface area contributed by atoms with Gasteiger partial charge < -0.3 is 35.0 Å². The van der Waals surface area contributed by atoms with Crippen molar-refractivity contribution in [2.75, 3.05) is 13.2 Å². The molecule has 2 rings (SSSR count). The highest BCUT2D eigenvalue weighted by molar-refractivity contribution is 5.93. The van der Waals surface area contributed by atoms with Crippen LogP contribution >= 0.6 is 0 Å². The van der Waals surface area contributed by atoms with Crippen molar-refractivity contribution in [3.63, 3.8) is 0 Å². The summed E-state index contributed by atoms with van der Waals surface area (Å²) < 4.78 is 11.0. The van der Waals surface area contributed by atoms with E-state index in [2.05, 4.69) is 0 Å². The molecule has 0 saturated heterocycles. The van der Waals surface area contributed by atoms with Crippen molar-refractivity contribution >= 4 is 5.97 Å². The number of aliphatic hydroxyl groups excluding tert-OH is 3. The van der Waals surface area contributed by atoms with Crippen molar-refractivity contribution in [2.24, 2.45) is 0 Å². The number of benzene rings is 2. The van der Waals surface area contributed by atoms with Crippen LogP contribution in [0.4, 0.5) is 0 Å². The lowest BCUT2D eigenvalue weighted by Gasteiger charge is -2.18. The third-order valence-electron chi connectivity index (χ3n) is 3.80. The molecule has 0 aliphatic carbocycles. The Kier molecular flexibility index (Phi) is 6.62. The second-order valence-electron chi connectivity index (χ2n) is 6.15. The first-order valence-corrected chi connectivity index (χ1v) is 8.17. The first-order chi connectivity index (χ1) is 12.7. The average molecular weight is 378 g/mol. The number of aromatic carboxylic acids is 1. The monoisotopic (exact) mass is 378 g/mol. The summed E-state index contributed by atoms with van der Waals surface area (Å²) in [6.45, 7) is 2.27. The van der Waals surface area contributed by atoms with E-state index in [1.54, 1.807) is 26.0 Å². The van der Waals surface area contributed by atoms with Gasteiger partial charge in [-0.2, -0.15) is 0 Å². The Labute approximate surface area is 155 Å². The van der Waals surface area contributed by atoms with Crippen LogP contribution < -0.4 is 9.47 Å². The Morgan fingerprint density at radius 2 is 1.70 bits per heavy atom. The zero-order valence-electron chi connectivity index (χ0n) is 14.9. The Balaban J connectivity index is 2.32. The number of hydrogen-bond donors (Lipinski definition) is 5. The van der Waals surface area contributed by atoms with Crippen molar-refractivity contribution in [2.45, 2.75) is 26.1 Å². The van der Waals surface area contributed by atoms with Crippen LogP contribution in [0.15, 0.2) is 30.3 Å². The van der Waals surface area contributed by atoms with Crippen molar-refractivity contribution in [1.82, 2.24) is 0 Å². The van der Waals surface area contributed by atoms with E-state index in [1.807, 2.05) is 0 Å². The van der Waals surface area contributed by atoms with Gasteiger partial charge in [-0.3, -0.25) is 0 Å². The predicted octanol–water partition coefficient (Wildman–Crippen LogP) is 1.59. The van der Waals surface area contributed by atoms with Crippen molar-refractivity contribution < 1.29 is 39.8 Å². The van der Waals surface area contributed by atoms with E-state index in [-0.39, 0.29) is 22.8 Å². The molecule has 5 N–H and O–H groups in total. The molecule has 0 radical (unpaired) electrons. The summed E-state index contributed by atoms with van der Waals surface area (Å²) in [5, 5.41) is 47.0. The van der Waals surface area contributed by atoms with Crippen LogP contribution in [0, 0.1) is 13.8 Å². The topological polar surface area (TPSA) is 137 Å². The number of hydrogen-bond acceptors (Lipinski definition) is 7. The number of phenolic OH excluding ortho intramolecular Hbond substituents is 1. The molecule has 0 unspecified atom stereocenters. The maximum absolute atomic E-state index is 11.5. The third kappa shape index (κ3) is 5.33. The van der Waals surface area contributed by atoms with E-state index >= 15 is 0 Å². The lowest BCUT2D eigenvalue weighted by molar-refractivity contribution is -0.0341. The number of ether oxygens (including phenoxy) is 2. The van der Waals surface area contributed by atoms with Gasteiger partial charge in [0.2, 0.25) is 0 Å². The quantitative estimate of drug-likeness (QED) is 0.467. The fourth-order valence-corrected chi connectivity index (χ4v) is 2.50. The molecule has 0 saturated carbocycles. The minimum absolute atomic E-state index is 0.0291. The standard InChI is InChI=1S/C19H22O8/c1-10-3-12(21)6-13(4-10)27-14-5-11(2)18(19(24)25)17(7-14)26-9-16(23)15(22)8-20/h3-7,15-16,20-23H,8-9H2,1-2H3,(H,24,25)/t15-,16+/m1/s1. The van der Waals surface area contributed by atoms with Gasteiger partial charge in [0, 0.05) is 12.1 Å². The van der Waals surface area contributed by atoms with Gasteiger partial charge in [0.15, 0.2) is 0 Å². The number of aromatic hydroxyl groups is 1. The molecule has 2 aromatic rings. The number of aryl methyl sites for hydroxylation is 2. The molecule has 0 heterocycles. The average Bonchev–Trinajstić information content (AvgIpc) is 2.57. The maximum Gasteiger partial charge on any atom is 0.339 e. The summed E-state index contributed by atoms with van der Waals surface area (Å²) in [6.07, 6.45) is -2.80. The summed E-state index contributed by atoms with van der Waals surface area (Å²) in [7, 11) is 0. The molecule has 8 heteroatoms. The third-order valence-corrected chi connectivity index (χ3v) is 3.80. The van der Waals surface area contributed by atoms with Crippen molar-refractivity contribution in [1.29, 1.82) is 0 Å². The first-order valence-electron chi connectivity index (χ1n) is 8.17. The van der Waals surface area contributed by atoms with E-state index in [9.17, 15) is 25.2 Å². The molecule has 0 aliphatic heterocycles. The maximum atomic E-state index is 11.5. The molecule has 0 fully saturated rings. The molecule has 2 atom stereocenters. The van der Waals surface area contributed by atoms with Gasteiger partial charge in [-0.15, -0.1) is 0 Å². The second kappa shape index (κ2) is 8.72. The lowest BCUT2D eigenvalue weighted by Crippen LogP contribution is -2.34. The van der Waals surface area contributed by atoms with Crippen LogP contribution in [-0.4, -0.2) is 56.9 Å². The van der Waals surface area contributed by atoms with Crippen LogP contribution in [0.1, 0.15) is 21.5 Å². The van der Waals surface area contributed by atoms with Gasteiger partial charge in [-0.25, -0.2) is 4.79 Å². The van der Waals surface area contributed by atoms with Gasteiger partial charge in [0.25, 0.3) is 0 Å². The molecule has 0 spiro atoms. The van der Waals surface area contributed by atoms with Crippen LogP contribution in [0.25, 0.3) is 0 Å². The van der Waals surface area contributed by atoms with Gasteiger partial charge >= 0.3 is 5.97 Å². The molecule has 0 aliphatic rings. The fraction of sp³-hybridized carbons (Fsp3) is 0.316. The summed E-state index contributed by atoms with van der Waals surface area (Å²) in [5.74, 6) is -0.620. The van der Waals surface area contributed by atoms with E-state index < -0.39 is 31.4 Å². The lowest BCUT2D eigenvalue weighted by atomic mass is 10.1. The highest BCUT2D eigenvalue weighted by Gasteiger charge is 2.21. The predicted molar refractivity (Wildman–Crippen MR) is 95.7 cm³/mol. The molecule has 0 bridgehead atoms. The van der Waals surface area contributed by atoms with Crippen molar-refractivity contribution in [3.8, 4) is 23.0 Å².